The molecule has 0 amide bonds. The predicted molar refractivity (Wildman–Crippen MR) is 31.9 cm³/mol. The van der Waals surface area contributed by atoms with E-state index in [1.165, 1.54) is 0 Å². The standard InChI is InChI=1S/C4H10O2.Mg.2H/c1-3-6-4(2)5;;;/h4-5H,3H2,1-2H3;;;. The number of hydrogen-bond donors (Lipinski definition) is 1. The van der Waals surface area contributed by atoms with Gasteiger partial charge in [-0.25, -0.2) is 0 Å². The van der Waals surface area contributed by atoms with Gasteiger partial charge in [-0.3, -0.25) is 0 Å². The summed E-state index contributed by atoms with van der Waals surface area (Å²) in [4.78, 5) is 0. The van der Waals surface area contributed by atoms with Gasteiger partial charge in [-0.1, -0.05) is 0 Å². The van der Waals surface area contributed by atoms with E-state index in [0.29, 0.717) is 6.61 Å². The molecular weight excluding hydrogens is 104 g/mol. The van der Waals surface area contributed by atoms with Gasteiger partial charge in [-0.15, -0.1) is 0 Å². The second-order valence-electron chi connectivity index (χ2n) is 1.05. The molecule has 2 nitrogen and oxygen atoms in total. The largest absolute Gasteiger partial charge is 0.368 e. The molecule has 0 aromatic heterocycles. The van der Waals surface area contributed by atoms with Crippen LogP contribution in [0.4, 0.5) is 0 Å². The van der Waals surface area contributed by atoms with Crippen LogP contribution >= 0.6 is 0 Å². The van der Waals surface area contributed by atoms with Crippen molar-refractivity contribution in [2.24, 2.45) is 0 Å². The minimum atomic E-state index is -0.602. The van der Waals surface area contributed by atoms with Gasteiger partial charge in [0.2, 0.25) is 0 Å². The van der Waals surface area contributed by atoms with Gasteiger partial charge in [0.1, 0.15) is 0 Å². The third kappa shape index (κ3) is 10.8. The van der Waals surface area contributed by atoms with Crippen molar-refractivity contribution in [2.45, 2.75) is 20.1 Å². The van der Waals surface area contributed by atoms with Gasteiger partial charge in [0, 0.05) is 6.61 Å². The van der Waals surface area contributed by atoms with E-state index in [9.17, 15) is 0 Å². The SMILES string of the molecule is CCOC(C)O.[MgH2]. The Morgan fingerprint density at radius 1 is 1.71 bits per heavy atom. The highest BCUT2D eigenvalue weighted by Gasteiger charge is 1.85. The molecule has 1 atom stereocenters. The summed E-state index contributed by atoms with van der Waals surface area (Å²) in [6, 6.07) is 0. The summed E-state index contributed by atoms with van der Waals surface area (Å²) >= 11 is 0. The first-order chi connectivity index (χ1) is 2.77. The van der Waals surface area contributed by atoms with E-state index in [0.717, 1.165) is 0 Å². The summed E-state index contributed by atoms with van der Waals surface area (Å²) in [5.41, 5.74) is 0. The Hall–Kier alpha value is 0.686. The minimum absolute atomic E-state index is 0. The molecule has 0 aliphatic heterocycles. The quantitative estimate of drug-likeness (QED) is 0.387. The topological polar surface area (TPSA) is 29.5 Å². The maximum absolute atomic E-state index is 8.33. The molecule has 0 heterocycles. The summed E-state index contributed by atoms with van der Waals surface area (Å²) in [6.07, 6.45) is -0.602. The average Bonchev–Trinajstić information content (AvgIpc) is 1.35. The van der Waals surface area contributed by atoms with Crippen molar-refractivity contribution in [3.8, 4) is 0 Å². The molecule has 1 unspecified atom stereocenters. The van der Waals surface area contributed by atoms with Crippen LogP contribution in [0.15, 0.2) is 0 Å². The second kappa shape index (κ2) is 6.69. The van der Waals surface area contributed by atoms with Gasteiger partial charge < -0.3 is 9.84 Å². The highest BCUT2D eigenvalue weighted by atomic mass is 24.3. The van der Waals surface area contributed by atoms with Crippen LogP contribution in [0.2, 0.25) is 0 Å². The fourth-order valence-electron chi connectivity index (χ4n) is 0.241. The van der Waals surface area contributed by atoms with Gasteiger partial charge in [0.15, 0.2) is 6.29 Å². The second-order valence-corrected chi connectivity index (χ2v) is 1.05. The van der Waals surface area contributed by atoms with E-state index in [2.05, 4.69) is 4.74 Å². The number of hydrogen-bond acceptors (Lipinski definition) is 2. The molecule has 0 bridgehead atoms. The Kier molecular flexibility index (Phi) is 10.2. The lowest BCUT2D eigenvalue weighted by Crippen LogP contribution is -2.04. The normalized spacial score (nSPS) is 12.4. The van der Waals surface area contributed by atoms with Crippen LogP contribution in [0.5, 0.6) is 0 Å². The smallest absolute Gasteiger partial charge is 0.316 e. The maximum Gasteiger partial charge on any atom is 0.316 e. The van der Waals surface area contributed by atoms with Crippen LogP contribution in [-0.2, 0) is 4.74 Å². The monoisotopic (exact) mass is 116 g/mol. The van der Waals surface area contributed by atoms with E-state index in [4.69, 9.17) is 5.11 Å². The molecule has 0 saturated carbocycles. The van der Waals surface area contributed by atoms with Crippen molar-refractivity contribution < 1.29 is 9.84 Å². The first kappa shape index (κ1) is 10.6. The van der Waals surface area contributed by atoms with E-state index in [1.54, 1.807) is 6.92 Å². The molecule has 42 valence electrons. The van der Waals surface area contributed by atoms with Crippen LogP contribution < -0.4 is 0 Å². The first-order valence-electron chi connectivity index (χ1n) is 2.07. The molecule has 0 spiro atoms. The predicted octanol–water partition coefficient (Wildman–Crippen LogP) is -0.555. The Morgan fingerprint density at radius 2 is 2.14 bits per heavy atom. The minimum Gasteiger partial charge on any atom is -0.368 e. The van der Waals surface area contributed by atoms with Crippen molar-refractivity contribution in [1.82, 2.24) is 0 Å². The summed E-state index contributed by atoms with van der Waals surface area (Å²) in [5.74, 6) is 0. The lowest BCUT2D eigenvalue weighted by atomic mass is 10.7. The fraction of sp³-hybridized carbons (Fsp3) is 1.00. The van der Waals surface area contributed by atoms with Gasteiger partial charge in [0.25, 0.3) is 0 Å². The Bertz CT molecular complexity index is 30.9. The molecule has 7 heavy (non-hydrogen) atoms. The Labute approximate surface area is 60.0 Å². The van der Waals surface area contributed by atoms with Gasteiger partial charge in [0.05, 0.1) is 0 Å². The van der Waals surface area contributed by atoms with E-state index in [1.807, 2.05) is 6.92 Å². The van der Waals surface area contributed by atoms with Crippen molar-refractivity contribution in [3.63, 3.8) is 0 Å². The van der Waals surface area contributed by atoms with Crippen LogP contribution in [0.3, 0.4) is 0 Å². The van der Waals surface area contributed by atoms with Crippen LogP contribution in [0.1, 0.15) is 13.8 Å². The number of ether oxygens (including phenoxy) is 1. The fourth-order valence-corrected chi connectivity index (χ4v) is 0.241. The van der Waals surface area contributed by atoms with Crippen molar-refractivity contribution >= 4 is 23.1 Å². The summed E-state index contributed by atoms with van der Waals surface area (Å²) in [5, 5.41) is 8.33. The first-order valence-corrected chi connectivity index (χ1v) is 2.07. The molecule has 0 saturated heterocycles. The number of aliphatic hydroxyl groups excluding tert-OH is 1. The van der Waals surface area contributed by atoms with Crippen molar-refractivity contribution in [1.29, 1.82) is 0 Å². The molecule has 3 heteroatoms. The third-order valence-corrected chi connectivity index (χ3v) is 0.408. The van der Waals surface area contributed by atoms with Crippen molar-refractivity contribution in [2.75, 3.05) is 6.61 Å². The summed E-state index contributed by atoms with van der Waals surface area (Å²) in [7, 11) is 0. The highest BCUT2D eigenvalue weighted by molar-refractivity contribution is 5.75. The lowest BCUT2D eigenvalue weighted by Gasteiger charge is -1.99. The summed E-state index contributed by atoms with van der Waals surface area (Å²) in [6.45, 7) is 4.01. The molecular formula is C4H12MgO2. The molecule has 0 aliphatic rings. The average molecular weight is 116 g/mol. The molecule has 0 aromatic carbocycles. The molecule has 0 radical (unpaired) electrons. The van der Waals surface area contributed by atoms with Crippen LogP contribution in [0.25, 0.3) is 0 Å². The van der Waals surface area contributed by atoms with Crippen LogP contribution in [0, 0.1) is 0 Å². The molecule has 1 N–H and O–H groups in total. The molecule has 0 fully saturated rings. The highest BCUT2D eigenvalue weighted by Crippen LogP contribution is 1.78. The van der Waals surface area contributed by atoms with Crippen LogP contribution in [-0.4, -0.2) is 41.1 Å². The van der Waals surface area contributed by atoms with Crippen molar-refractivity contribution in [3.05, 3.63) is 0 Å². The summed E-state index contributed by atoms with van der Waals surface area (Å²) < 4.78 is 4.60. The lowest BCUT2D eigenvalue weighted by molar-refractivity contribution is -0.0800. The zero-order valence-corrected chi connectivity index (χ0v) is 4.14. The van der Waals surface area contributed by atoms with E-state index < -0.39 is 6.29 Å². The zero-order valence-electron chi connectivity index (χ0n) is 4.14. The number of aliphatic hydroxyl groups is 1. The zero-order chi connectivity index (χ0) is 4.99. The number of rotatable bonds is 2. The Morgan fingerprint density at radius 3 is 2.14 bits per heavy atom. The Balaban J connectivity index is 0. The van der Waals surface area contributed by atoms with E-state index >= 15 is 0 Å². The molecule has 0 aromatic rings. The van der Waals surface area contributed by atoms with Gasteiger partial charge >= 0.3 is 23.1 Å². The van der Waals surface area contributed by atoms with Gasteiger partial charge in [-0.05, 0) is 13.8 Å². The molecule has 0 aliphatic carbocycles. The molecule has 0 rings (SSSR count). The third-order valence-electron chi connectivity index (χ3n) is 0.408. The van der Waals surface area contributed by atoms with Gasteiger partial charge in [-0.2, -0.15) is 0 Å². The maximum atomic E-state index is 8.33. The van der Waals surface area contributed by atoms with E-state index in [-0.39, 0.29) is 23.1 Å².